The summed E-state index contributed by atoms with van der Waals surface area (Å²) in [6.07, 6.45) is 0. The van der Waals surface area contributed by atoms with Crippen molar-refractivity contribution in [1.29, 1.82) is 0 Å². The predicted molar refractivity (Wildman–Crippen MR) is 66.2 cm³/mol. The fraction of sp³-hybridized carbons (Fsp3) is 0. The molecule has 1 aromatic heterocycles. The molecule has 4 heteroatoms. The van der Waals surface area contributed by atoms with Crippen LogP contribution in [0.1, 0.15) is 0 Å². The summed E-state index contributed by atoms with van der Waals surface area (Å²) in [5.74, 6) is 0.844. The second-order valence-corrected chi connectivity index (χ2v) is 5.26. The molecule has 0 aliphatic carbocycles. The summed E-state index contributed by atoms with van der Waals surface area (Å²) in [4.78, 5) is 0. The van der Waals surface area contributed by atoms with Crippen LogP contribution in [0.4, 0.5) is 0 Å². The highest BCUT2D eigenvalue weighted by molar-refractivity contribution is 9.10. The molecule has 0 N–H and O–H groups in total. The number of hydrogen-bond acceptors (Lipinski definition) is 2. The Balaban J connectivity index is 2.19. The highest BCUT2D eigenvalue weighted by Gasteiger charge is 2.03. The van der Waals surface area contributed by atoms with Crippen LogP contribution >= 0.6 is 43.2 Å². The third-order valence-electron chi connectivity index (χ3n) is 1.61. The average Bonchev–Trinajstić information content (AvgIpc) is 2.56. The van der Waals surface area contributed by atoms with Gasteiger partial charge in [-0.3, -0.25) is 0 Å². The molecule has 0 amide bonds. The monoisotopic (exact) mass is 332 g/mol. The molecular formula is C10H6Br2OS. The van der Waals surface area contributed by atoms with Gasteiger partial charge in [0.05, 0.1) is 4.47 Å². The Morgan fingerprint density at radius 2 is 1.71 bits per heavy atom. The summed E-state index contributed by atoms with van der Waals surface area (Å²) in [6, 6.07) is 9.74. The highest BCUT2D eigenvalue weighted by Crippen LogP contribution is 2.35. The van der Waals surface area contributed by atoms with Gasteiger partial charge in [0.15, 0.2) is 5.06 Å². The van der Waals surface area contributed by atoms with Crippen LogP contribution in [0.2, 0.25) is 0 Å². The van der Waals surface area contributed by atoms with E-state index in [-0.39, 0.29) is 0 Å². The molecular weight excluding hydrogens is 328 g/mol. The number of halogens is 2. The van der Waals surface area contributed by atoms with Crippen LogP contribution in [0.25, 0.3) is 0 Å². The Hall–Kier alpha value is -0.320. The lowest BCUT2D eigenvalue weighted by atomic mass is 10.3. The molecule has 0 spiro atoms. The van der Waals surface area contributed by atoms with Crippen molar-refractivity contribution >= 4 is 43.2 Å². The third-order valence-corrected chi connectivity index (χ3v) is 3.81. The maximum Gasteiger partial charge on any atom is 0.195 e. The summed E-state index contributed by atoms with van der Waals surface area (Å²) in [5, 5.41) is 2.87. The zero-order valence-corrected chi connectivity index (χ0v) is 11.0. The minimum Gasteiger partial charge on any atom is -0.445 e. The summed E-state index contributed by atoms with van der Waals surface area (Å²) < 4.78 is 7.70. The van der Waals surface area contributed by atoms with Crippen LogP contribution in [-0.2, 0) is 0 Å². The van der Waals surface area contributed by atoms with Crippen molar-refractivity contribution in [2.24, 2.45) is 0 Å². The quantitative estimate of drug-likeness (QED) is 0.745. The van der Waals surface area contributed by atoms with Crippen LogP contribution in [0.5, 0.6) is 10.8 Å². The predicted octanol–water partition coefficient (Wildman–Crippen LogP) is 5.07. The van der Waals surface area contributed by atoms with E-state index in [9.17, 15) is 0 Å². The van der Waals surface area contributed by atoms with E-state index < -0.39 is 0 Å². The van der Waals surface area contributed by atoms with Crippen LogP contribution < -0.4 is 4.74 Å². The molecule has 0 aliphatic heterocycles. The lowest BCUT2D eigenvalue weighted by Gasteiger charge is -2.02. The van der Waals surface area contributed by atoms with Crippen LogP contribution in [0.3, 0.4) is 0 Å². The topological polar surface area (TPSA) is 9.23 Å². The van der Waals surface area contributed by atoms with Crippen molar-refractivity contribution < 1.29 is 4.74 Å². The van der Waals surface area contributed by atoms with Gasteiger partial charge in [0.25, 0.3) is 0 Å². The Labute approximate surface area is 103 Å². The van der Waals surface area contributed by atoms with Gasteiger partial charge in [-0.25, -0.2) is 0 Å². The van der Waals surface area contributed by atoms with Gasteiger partial charge in [-0.15, -0.1) is 11.3 Å². The van der Waals surface area contributed by atoms with Crippen molar-refractivity contribution in [3.8, 4) is 10.8 Å². The normalized spacial score (nSPS) is 10.1. The minimum absolute atomic E-state index is 0.844. The zero-order chi connectivity index (χ0) is 9.97. The Morgan fingerprint density at radius 1 is 1.00 bits per heavy atom. The van der Waals surface area contributed by atoms with E-state index in [1.807, 2.05) is 35.7 Å². The minimum atomic E-state index is 0.844. The molecule has 0 unspecified atom stereocenters. The lowest BCUT2D eigenvalue weighted by Crippen LogP contribution is -1.80. The van der Waals surface area contributed by atoms with E-state index in [0.717, 1.165) is 19.8 Å². The fourth-order valence-electron chi connectivity index (χ4n) is 0.962. The van der Waals surface area contributed by atoms with Crippen molar-refractivity contribution in [3.05, 3.63) is 44.7 Å². The smallest absolute Gasteiger partial charge is 0.195 e. The number of rotatable bonds is 2. The molecule has 2 rings (SSSR count). The molecule has 0 radical (unpaired) electrons. The Morgan fingerprint density at radius 3 is 2.29 bits per heavy atom. The summed E-state index contributed by atoms with van der Waals surface area (Å²) >= 11 is 8.36. The molecule has 72 valence electrons. The Bertz CT molecular complexity index is 422. The van der Waals surface area contributed by atoms with Crippen LogP contribution in [0.15, 0.2) is 44.7 Å². The molecule has 0 aliphatic rings. The summed E-state index contributed by atoms with van der Waals surface area (Å²) in [5.41, 5.74) is 0. The van der Waals surface area contributed by atoms with Crippen molar-refractivity contribution in [3.63, 3.8) is 0 Å². The van der Waals surface area contributed by atoms with Gasteiger partial charge in [-0.1, -0.05) is 15.9 Å². The largest absolute Gasteiger partial charge is 0.445 e. The molecule has 0 saturated carbocycles. The van der Waals surface area contributed by atoms with Crippen molar-refractivity contribution in [2.75, 3.05) is 0 Å². The summed E-state index contributed by atoms with van der Waals surface area (Å²) in [7, 11) is 0. The van der Waals surface area contributed by atoms with Crippen molar-refractivity contribution in [1.82, 2.24) is 0 Å². The van der Waals surface area contributed by atoms with Gasteiger partial charge in [-0.2, -0.15) is 0 Å². The second-order valence-electron chi connectivity index (χ2n) is 2.61. The third kappa shape index (κ3) is 2.38. The van der Waals surface area contributed by atoms with E-state index in [0.29, 0.717) is 0 Å². The second kappa shape index (κ2) is 4.47. The van der Waals surface area contributed by atoms with E-state index >= 15 is 0 Å². The number of benzene rings is 1. The molecule has 0 bridgehead atoms. The highest BCUT2D eigenvalue weighted by atomic mass is 79.9. The van der Waals surface area contributed by atoms with E-state index in [1.165, 1.54) is 0 Å². The van der Waals surface area contributed by atoms with Crippen molar-refractivity contribution in [2.45, 2.75) is 0 Å². The first-order valence-electron chi connectivity index (χ1n) is 3.92. The molecule has 1 nitrogen and oxygen atoms in total. The fourth-order valence-corrected chi connectivity index (χ4v) is 2.55. The molecule has 0 fully saturated rings. The average molecular weight is 334 g/mol. The SMILES string of the molecule is Brc1ccc(Oc2sccc2Br)cc1. The Kier molecular flexibility index (Phi) is 3.26. The number of ether oxygens (including phenoxy) is 1. The molecule has 0 atom stereocenters. The first kappa shape index (κ1) is 10.2. The van der Waals surface area contributed by atoms with E-state index in [2.05, 4.69) is 31.9 Å². The van der Waals surface area contributed by atoms with Gasteiger partial charge >= 0.3 is 0 Å². The maximum absolute atomic E-state index is 5.65. The maximum atomic E-state index is 5.65. The summed E-state index contributed by atoms with van der Waals surface area (Å²) in [6.45, 7) is 0. The molecule has 1 aromatic carbocycles. The van der Waals surface area contributed by atoms with Gasteiger partial charge in [-0.05, 0) is 51.6 Å². The van der Waals surface area contributed by atoms with Gasteiger partial charge < -0.3 is 4.74 Å². The van der Waals surface area contributed by atoms with E-state index in [4.69, 9.17) is 4.74 Å². The first-order chi connectivity index (χ1) is 6.75. The number of hydrogen-bond donors (Lipinski definition) is 0. The van der Waals surface area contributed by atoms with Gasteiger partial charge in [0, 0.05) is 4.47 Å². The van der Waals surface area contributed by atoms with Crippen LogP contribution in [-0.4, -0.2) is 0 Å². The molecule has 14 heavy (non-hydrogen) atoms. The standard InChI is InChI=1S/C10H6Br2OS/c11-7-1-3-8(4-2-7)13-10-9(12)5-6-14-10/h1-6H. The molecule has 1 heterocycles. The number of thiophene rings is 1. The van der Waals surface area contributed by atoms with Gasteiger partial charge in [0.2, 0.25) is 0 Å². The van der Waals surface area contributed by atoms with E-state index in [1.54, 1.807) is 11.3 Å². The first-order valence-corrected chi connectivity index (χ1v) is 6.39. The lowest BCUT2D eigenvalue weighted by molar-refractivity contribution is 0.494. The van der Waals surface area contributed by atoms with Crippen LogP contribution in [0, 0.1) is 0 Å². The van der Waals surface area contributed by atoms with Gasteiger partial charge in [0.1, 0.15) is 5.75 Å². The molecule has 0 saturated heterocycles. The molecule has 2 aromatic rings. The zero-order valence-electron chi connectivity index (χ0n) is 7.04.